The third-order valence-corrected chi connectivity index (χ3v) is 6.56. The van der Waals surface area contributed by atoms with E-state index in [0.29, 0.717) is 28.8 Å². The van der Waals surface area contributed by atoms with Crippen LogP contribution in [0.4, 0.5) is 17.1 Å². The number of aryl methyl sites for hydroxylation is 1. The maximum atomic E-state index is 13.2. The van der Waals surface area contributed by atoms with Crippen molar-refractivity contribution in [1.82, 2.24) is 5.32 Å². The molecule has 1 aromatic heterocycles. The van der Waals surface area contributed by atoms with E-state index in [1.165, 1.54) is 12.1 Å². The van der Waals surface area contributed by atoms with Gasteiger partial charge in [-0.1, -0.05) is 6.92 Å². The van der Waals surface area contributed by atoms with Gasteiger partial charge in [0.15, 0.2) is 5.11 Å². The van der Waals surface area contributed by atoms with E-state index in [4.69, 9.17) is 16.6 Å². The number of amides is 1. The molecule has 3 N–H and O–H groups in total. The summed E-state index contributed by atoms with van der Waals surface area (Å²) in [7, 11) is 0. The molecule has 3 aromatic rings. The lowest BCUT2D eigenvalue weighted by atomic mass is 9.98. The van der Waals surface area contributed by atoms with E-state index in [0.717, 1.165) is 37.1 Å². The van der Waals surface area contributed by atoms with Crippen LogP contribution in [-0.4, -0.2) is 34.1 Å². The zero-order valence-electron chi connectivity index (χ0n) is 20.1. The van der Waals surface area contributed by atoms with Gasteiger partial charge in [-0.25, -0.2) is 0 Å². The summed E-state index contributed by atoms with van der Waals surface area (Å²) in [6.07, 6.45) is 1.99. The van der Waals surface area contributed by atoms with Gasteiger partial charge in [-0.3, -0.25) is 20.2 Å². The fraction of sp³-hybridized carbons (Fsp3) is 0.308. The number of nitrogens with one attached hydrogen (secondary N) is 2. The number of non-ortho nitro benzene ring substituents is 1. The van der Waals surface area contributed by atoms with E-state index in [-0.39, 0.29) is 23.0 Å². The molecule has 1 fully saturated rings. The average molecular weight is 509 g/mol. The molecule has 0 radical (unpaired) electrons. The molecule has 1 aliphatic rings. The Labute approximate surface area is 214 Å². The number of furan rings is 1. The number of anilines is 2. The van der Waals surface area contributed by atoms with E-state index in [1.54, 1.807) is 24.3 Å². The number of nitro benzene ring substituents is 1. The molecule has 0 spiro atoms. The Kier molecular flexibility index (Phi) is 7.66. The Morgan fingerprint density at radius 3 is 2.58 bits per heavy atom. The van der Waals surface area contributed by atoms with Crippen molar-refractivity contribution < 1.29 is 19.2 Å². The summed E-state index contributed by atoms with van der Waals surface area (Å²) in [4.78, 5) is 26.1. The van der Waals surface area contributed by atoms with Crippen molar-refractivity contribution in [1.29, 1.82) is 0 Å². The predicted molar refractivity (Wildman–Crippen MR) is 142 cm³/mol. The van der Waals surface area contributed by atoms with Gasteiger partial charge in [-0.05, 0) is 79.9 Å². The van der Waals surface area contributed by atoms with Gasteiger partial charge in [0, 0.05) is 36.5 Å². The first kappa shape index (κ1) is 25.3. The van der Waals surface area contributed by atoms with Crippen molar-refractivity contribution in [2.75, 3.05) is 23.3 Å². The molecule has 9 nitrogen and oxygen atoms in total. The minimum atomic E-state index is -0.512. The number of carbonyl (C=O) groups is 1. The number of hydrogen-bond donors (Lipinski definition) is 3. The molecule has 10 heteroatoms. The van der Waals surface area contributed by atoms with Crippen LogP contribution in [0, 0.1) is 23.0 Å². The number of aliphatic hydroxyl groups excluding tert-OH is 1. The molecular formula is C26H28N4O5S. The first-order valence-corrected chi connectivity index (χ1v) is 12.1. The number of benzene rings is 2. The zero-order chi connectivity index (χ0) is 25.8. The second-order valence-electron chi connectivity index (χ2n) is 8.99. The molecule has 0 bridgehead atoms. The van der Waals surface area contributed by atoms with Crippen LogP contribution in [0.3, 0.4) is 0 Å². The summed E-state index contributed by atoms with van der Waals surface area (Å²) in [5.41, 5.74) is 3.17. The van der Waals surface area contributed by atoms with Crippen molar-refractivity contribution in [3.63, 3.8) is 0 Å². The maximum Gasteiger partial charge on any atom is 0.270 e. The standard InChI is InChI=1S/C26H28N4O5S/c1-16-9-11-29(12-10-16)23-7-4-19(30(33)34)14-22(23)25(32)28-26(36)27-18-3-6-21(17(2)13-18)24-8-5-20(15-31)35-24/h3-8,13-14,16,31H,9-12,15H2,1-2H3,(H2,27,28,32,36). The zero-order valence-corrected chi connectivity index (χ0v) is 20.9. The van der Waals surface area contributed by atoms with Gasteiger partial charge >= 0.3 is 0 Å². The number of hydrogen-bond acceptors (Lipinski definition) is 7. The van der Waals surface area contributed by atoms with Gasteiger partial charge in [-0.15, -0.1) is 0 Å². The molecule has 1 aliphatic heterocycles. The van der Waals surface area contributed by atoms with Crippen LogP contribution < -0.4 is 15.5 Å². The highest BCUT2D eigenvalue weighted by Gasteiger charge is 2.24. The Morgan fingerprint density at radius 1 is 1.19 bits per heavy atom. The van der Waals surface area contributed by atoms with E-state index in [9.17, 15) is 20.0 Å². The SMILES string of the molecule is Cc1cc(NC(=S)NC(=O)c2cc([N+](=O)[O-])ccc2N2CCC(C)CC2)ccc1-c1ccc(CO)o1. The number of nitro groups is 1. The maximum absolute atomic E-state index is 13.2. The summed E-state index contributed by atoms with van der Waals surface area (Å²) < 4.78 is 5.61. The Balaban J connectivity index is 1.49. The fourth-order valence-corrected chi connectivity index (χ4v) is 4.51. The Bertz CT molecular complexity index is 1300. The third-order valence-electron chi connectivity index (χ3n) is 6.35. The third kappa shape index (κ3) is 5.72. The van der Waals surface area contributed by atoms with Gasteiger partial charge in [0.2, 0.25) is 0 Å². The Morgan fingerprint density at radius 2 is 1.94 bits per heavy atom. The molecule has 0 saturated carbocycles. The average Bonchev–Trinajstić information content (AvgIpc) is 3.33. The van der Waals surface area contributed by atoms with Gasteiger partial charge in [0.25, 0.3) is 11.6 Å². The number of rotatable bonds is 6. The minimum absolute atomic E-state index is 0.0810. The lowest BCUT2D eigenvalue weighted by Gasteiger charge is -2.33. The highest BCUT2D eigenvalue weighted by atomic mass is 32.1. The molecule has 1 saturated heterocycles. The fourth-order valence-electron chi connectivity index (χ4n) is 4.30. The van der Waals surface area contributed by atoms with E-state index in [1.807, 2.05) is 19.1 Å². The van der Waals surface area contributed by atoms with Crippen molar-refractivity contribution in [3.8, 4) is 11.3 Å². The molecule has 1 amide bonds. The van der Waals surface area contributed by atoms with Crippen LogP contribution in [0.5, 0.6) is 0 Å². The van der Waals surface area contributed by atoms with Crippen molar-refractivity contribution >= 4 is 40.3 Å². The van der Waals surface area contributed by atoms with Gasteiger partial charge < -0.3 is 19.7 Å². The van der Waals surface area contributed by atoms with Crippen LogP contribution in [-0.2, 0) is 6.61 Å². The van der Waals surface area contributed by atoms with Crippen LogP contribution >= 0.6 is 12.2 Å². The lowest BCUT2D eigenvalue weighted by molar-refractivity contribution is -0.384. The van der Waals surface area contributed by atoms with Crippen molar-refractivity contribution in [2.24, 2.45) is 5.92 Å². The molecule has 0 atom stereocenters. The first-order valence-electron chi connectivity index (χ1n) is 11.7. The molecular weight excluding hydrogens is 480 g/mol. The first-order chi connectivity index (χ1) is 17.2. The lowest BCUT2D eigenvalue weighted by Crippen LogP contribution is -2.37. The summed E-state index contributed by atoms with van der Waals surface area (Å²) >= 11 is 5.36. The number of nitrogens with zero attached hydrogens (tertiary/aromatic N) is 2. The highest BCUT2D eigenvalue weighted by Crippen LogP contribution is 2.30. The predicted octanol–water partition coefficient (Wildman–Crippen LogP) is 5.02. The quantitative estimate of drug-likeness (QED) is 0.241. The van der Waals surface area contributed by atoms with Crippen LogP contribution in [0.1, 0.15) is 41.4 Å². The molecule has 2 aromatic carbocycles. The monoisotopic (exact) mass is 508 g/mol. The van der Waals surface area contributed by atoms with E-state index < -0.39 is 10.8 Å². The second kappa shape index (κ2) is 10.9. The summed E-state index contributed by atoms with van der Waals surface area (Å²) in [5.74, 6) is 1.22. The minimum Gasteiger partial charge on any atom is -0.459 e. The van der Waals surface area contributed by atoms with Crippen LogP contribution in [0.25, 0.3) is 11.3 Å². The topological polar surface area (TPSA) is 121 Å². The number of piperidine rings is 1. The van der Waals surface area contributed by atoms with Gasteiger partial charge in [-0.2, -0.15) is 0 Å². The smallest absolute Gasteiger partial charge is 0.270 e. The van der Waals surface area contributed by atoms with E-state index in [2.05, 4.69) is 22.5 Å². The molecule has 188 valence electrons. The summed E-state index contributed by atoms with van der Waals surface area (Å²) in [5, 5.41) is 26.3. The van der Waals surface area contributed by atoms with E-state index >= 15 is 0 Å². The van der Waals surface area contributed by atoms with Gasteiger partial charge in [0.05, 0.1) is 16.2 Å². The van der Waals surface area contributed by atoms with Crippen molar-refractivity contribution in [3.05, 3.63) is 75.5 Å². The number of carbonyl (C=O) groups excluding carboxylic acids is 1. The number of thiocarbonyl (C=S) groups is 1. The van der Waals surface area contributed by atoms with Crippen molar-refractivity contribution in [2.45, 2.75) is 33.3 Å². The molecule has 0 aliphatic carbocycles. The van der Waals surface area contributed by atoms with Gasteiger partial charge in [0.1, 0.15) is 18.1 Å². The van der Waals surface area contributed by atoms with Crippen LogP contribution in [0.15, 0.2) is 52.9 Å². The summed E-state index contributed by atoms with van der Waals surface area (Å²) in [6.45, 7) is 5.50. The second-order valence-corrected chi connectivity index (χ2v) is 9.40. The normalized spacial score (nSPS) is 13.9. The Hall–Kier alpha value is -3.76. The molecule has 0 unspecified atom stereocenters. The molecule has 2 heterocycles. The molecule has 4 rings (SSSR count). The largest absolute Gasteiger partial charge is 0.459 e. The summed E-state index contributed by atoms with van der Waals surface area (Å²) in [6, 6.07) is 13.4. The molecule has 36 heavy (non-hydrogen) atoms. The van der Waals surface area contributed by atoms with Crippen LogP contribution in [0.2, 0.25) is 0 Å². The highest BCUT2D eigenvalue weighted by molar-refractivity contribution is 7.80. The number of aliphatic hydroxyl groups is 1.